The van der Waals surface area contributed by atoms with Gasteiger partial charge in [0.1, 0.15) is 0 Å². The van der Waals surface area contributed by atoms with Crippen LogP contribution in [0.1, 0.15) is 25.0 Å². The number of benzene rings is 1. The van der Waals surface area contributed by atoms with E-state index in [0.29, 0.717) is 0 Å². The normalized spacial score (nSPS) is 12.5. The summed E-state index contributed by atoms with van der Waals surface area (Å²) in [7, 11) is -3.88. The predicted molar refractivity (Wildman–Crippen MR) is 64.8 cm³/mol. The molecule has 0 amide bonds. The average Bonchev–Trinajstić information content (AvgIpc) is 2.21. The van der Waals surface area contributed by atoms with Crippen LogP contribution in [-0.4, -0.2) is 24.2 Å². The van der Waals surface area contributed by atoms with Gasteiger partial charge in [-0.3, -0.25) is 4.79 Å². The standard InChI is InChI=1S/C12H16O4S/c1-8-5-6-10(7-9(8)2)17(15,16)12(3,4)11(13)14/h5-7H,1-4H3,(H,13,14). The maximum atomic E-state index is 12.2. The van der Waals surface area contributed by atoms with Crippen LogP contribution in [0.15, 0.2) is 23.1 Å². The summed E-state index contributed by atoms with van der Waals surface area (Å²) < 4.78 is 22.5. The van der Waals surface area contributed by atoms with Gasteiger partial charge >= 0.3 is 5.97 Å². The first-order valence-corrected chi connectivity index (χ1v) is 6.64. The molecule has 0 aromatic heterocycles. The first-order valence-electron chi connectivity index (χ1n) is 5.16. The van der Waals surface area contributed by atoms with Crippen LogP contribution in [0.2, 0.25) is 0 Å². The topological polar surface area (TPSA) is 71.4 Å². The van der Waals surface area contributed by atoms with E-state index >= 15 is 0 Å². The van der Waals surface area contributed by atoms with Crippen LogP contribution in [0.4, 0.5) is 0 Å². The Balaban J connectivity index is 3.42. The molecular weight excluding hydrogens is 240 g/mol. The second-order valence-electron chi connectivity index (χ2n) is 4.56. The van der Waals surface area contributed by atoms with Crippen molar-refractivity contribution >= 4 is 15.8 Å². The van der Waals surface area contributed by atoms with E-state index in [-0.39, 0.29) is 4.90 Å². The summed E-state index contributed by atoms with van der Waals surface area (Å²) in [6.45, 7) is 6.05. The Morgan fingerprint density at radius 1 is 1.18 bits per heavy atom. The molecule has 0 saturated heterocycles. The number of rotatable bonds is 3. The Labute approximate surface area is 101 Å². The van der Waals surface area contributed by atoms with Crippen molar-refractivity contribution in [1.29, 1.82) is 0 Å². The zero-order chi connectivity index (χ0) is 13.4. The largest absolute Gasteiger partial charge is 0.480 e. The highest BCUT2D eigenvalue weighted by molar-refractivity contribution is 7.93. The van der Waals surface area contributed by atoms with E-state index in [1.807, 2.05) is 6.92 Å². The molecule has 0 aliphatic carbocycles. The Hall–Kier alpha value is -1.36. The fourth-order valence-corrected chi connectivity index (χ4v) is 2.69. The SMILES string of the molecule is Cc1ccc(S(=O)(=O)C(C)(C)C(=O)O)cc1C. The number of sulfone groups is 1. The number of carbonyl (C=O) groups is 1. The van der Waals surface area contributed by atoms with Crippen molar-refractivity contribution in [2.24, 2.45) is 0 Å². The van der Waals surface area contributed by atoms with Gasteiger partial charge in [-0.05, 0) is 51.0 Å². The molecule has 1 N–H and O–H groups in total. The molecule has 0 atom stereocenters. The maximum Gasteiger partial charge on any atom is 0.324 e. The van der Waals surface area contributed by atoms with Crippen LogP contribution in [0.5, 0.6) is 0 Å². The van der Waals surface area contributed by atoms with Gasteiger partial charge in [0.25, 0.3) is 0 Å². The molecule has 0 bridgehead atoms. The highest BCUT2D eigenvalue weighted by atomic mass is 32.2. The van der Waals surface area contributed by atoms with Crippen LogP contribution >= 0.6 is 0 Å². The van der Waals surface area contributed by atoms with Gasteiger partial charge in [0.15, 0.2) is 14.6 Å². The summed E-state index contributed by atoms with van der Waals surface area (Å²) >= 11 is 0. The number of hydrogen-bond donors (Lipinski definition) is 1. The van der Waals surface area contributed by atoms with Crippen molar-refractivity contribution in [2.45, 2.75) is 37.3 Å². The van der Waals surface area contributed by atoms with Crippen molar-refractivity contribution in [1.82, 2.24) is 0 Å². The van der Waals surface area contributed by atoms with Gasteiger partial charge in [-0.2, -0.15) is 0 Å². The maximum absolute atomic E-state index is 12.2. The lowest BCUT2D eigenvalue weighted by atomic mass is 10.1. The summed E-state index contributed by atoms with van der Waals surface area (Å²) in [6, 6.07) is 4.64. The van der Waals surface area contributed by atoms with Crippen LogP contribution in [-0.2, 0) is 14.6 Å². The molecule has 0 spiro atoms. The zero-order valence-electron chi connectivity index (χ0n) is 10.3. The smallest absolute Gasteiger partial charge is 0.324 e. The first kappa shape index (κ1) is 13.7. The summed E-state index contributed by atoms with van der Waals surface area (Å²) in [5.41, 5.74) is 1.80. The number of carboxylic acids is 1. The van der Waals surface area contributed by atoms with Gasteiger partial charge in [0, 0.05) is 0 Å². The van der Waals surface area contributed by atoms with Gasteiger partial charge in [-0.25, -0.2) is 8.42 Å². The Morgan fingerprint density at radius 3 is 2.12 bits per heavy atom. The molecule has 5 heteroatoms. The van der Waals surface area contributed by atoms with E-state index in [4.69, 9.17) is 5.11 Å². The lowest BCUT2D eigenvalue weighted by molar-refractivity contribution is -0.139. The number of carboxylic acid groups (broad SMARTS) is 1. The van der Waals surface area contributed by atoms with Crippen LogP contribution in [0.25, 0.3) is 0 Å². The highest BCUT2D eigenvalue weighted by Crippen LogP contribution is 2.26. The van der Waals surface area contributed by atoms with Gasteiger partial charge < -0.3 is 5.11 Å². The quantitative estimate of drug-likeness (QED) is 0.897. The molecule has 1 aromatic rings. The third-order valence-corrected chi connectivity index (χ3v) is 5.37. The molecule has 1 rings (SSSR count). The molecule has 17 heavy (non-hydrogen) atoms. The molecule has 0 saturated carbocycles. The van der Waals surface area contributed by atoms with Crippen molar-refractivity contribution in [3.05, 3.63) is 29.3 Å². The molecule has 0 aliphatic heterocycles. The summed E-state index contributed by atoms with van der Waals surface area (Å²) in [5.74, 6) is -1.35. The molecule has 1 aromatic carbocycles. The van der Waals surface area contributed by atoms with Crippen molar-refractivity contribution in [3.8, 4) is 0 Å². The Kier molecular flexibility index (Phi) is 3.34. The molecule has 0 unspecified atom stereocenters. The minimum Gasteiger partial charge on any atom is -0.480 e. The van der Waals surface area contributed by atoms with Crippen molar-refractivity contribution in [3.63, 3.8) is 0 Å². The minimum absolute atomic E-state index is 0.0491. The van der Waals surface area contributed by atoms with Gasteiger partial charge in [-0.1, -0.05) is 6.07 Å². The number of aryl methyl sites for hydroxylation is 2. The first-order chi connectivity index (χ1) is 7.60. The summed E-state index contributed by atoms with van der Waals surface area (Å²) in [6.07, 6.45) is 0. The molecule has 4 nitrogen and oxygen atoms in total. The van der Waals surface area contributed by atoms with E-state index in [0.717, 1.165) is 11.1 Å². The molecule has 94 valence electrons. The summed E-state index contributed by atoms with van der Waals surface area (Å²) in [4.78, 5) is 11.1. The third kappa shape index (κ3) is 2.20. The van der Waals surface area contributed by atoms with Crippen molar-refractivity contribution < 1.29 is 18.3 Å². The second kappa shape index (κ2) is 4.14. The number of hydrogen-bond acceptors (Lipinski definition) is 3. The fraction of sp³-hybridized carbons (Fsp3) is 0.417. The van der Waals surface area contributed by atoms with Gasteiger partial charge in [0.2, 0.25) is 0 Å². The van der Waals surface area contributed by atoms with Crippen molar-refractivity contribution in [2.75, 3.05) is 0 Å². The van der Waals surface area contributed by atoms with Crippen LogP contribution < -0.4 is 0 Å². The number of aliphatic carboxylic acids is 1. The van der Waals surface area contributed by atoms with E-state index in [9.17, 15) is 13.2 Å². The van der Waals surface area contributed by atoms with Gasteiger partial charge in [0.05, 0.1) is 4.90 Å². The predicted octanol–water partition coefficient (Wildman–Crippen LogP) is 1.94. The molecule has 0 radical (unpaired) electrons. The third-order valence-electron chi connectivity index (χ3n) is 2.98. The van der Waals surface area contributed by atoms with E-state index < -0.39 is 20.6 Å². The van der Waals surface area contributed by atoms with E-state index in [1.165, 1.54) is 26.0 Å². The fourth-order valence-electron chi connectivity index (χ4n) is 1.29. The summed E-state index contributed by atoms with van der Waals surface area (Å²) in [5, 5.41) is 8.98. The Bertz CT molecular complexity index is 556. The van der Waals surface area contributed by atoms with Crippen LogP contribution in [0, 0.1) is 13.8 Å². The van der Waals surface area contributed by atoms with E-state index in [2.05, 4.69) is 0 Å². The zero-order valence-corrected chi connectivity index (χ0v) is 11.1. The Morgan fingerprint density at radius 2 is 1.71 bits per heavy atom. The van der Waals surface area contributed by atoms with Crippen LogP contribution in [0.3, 0.4) is 0 Å². The van der Waals surface area contributed by atoms with Gasteiger partial charge in [-0.15, -0.1) is 0 Å². The minimum atomic E-state index is -3.88. The average molecular weight is 256 g/mol. The lowest BCUT2D eigenvalue weighted by Crippen LogP contribution is -2.40. The lowest BCUT2D eigenvalue weighted by Gasteiger charge is -2.20. The van der Waals surface area contributed by atoms with E-state index in [1.54, 1.807) is 13.0 Å². The molecule has 0 heterocycles. The molecule has 0 fully saturated rings. The molecule has 0 aliphatic rings. The monoisotopic (exact) mass is 256 g/mol. The second-order valence-corrected chi connectivity index (χ2v) is 7.06. The molecular formula is C12H16O4S. The highest BCUT2D eigenvalue weighted by Gasteiger charge is 2.42.